The molecule has 0 spiro atoms. The van der Waals surface area contributed by atoms with Gasteiger partial charge >= 0.3 is 0 Å². The van der Waals surface area contributed by atoms with E-state index in [2.05, 4.69) is 67.1 Å². The molecule has 0 radical (unpaired) electrons. The van der Waals surface area contributed by atoms with E-state index in [-0.39, 0.29) is 0 Å². The molecule has 0 saturated carbocycles. The molecule has 0 aliphatic rings. The van der Waals surface area contributed by atoms with Gasteiger partial charge in [0.05, 0.1) is 6.61 Å². The summed E-state index contributed by atoms with van der Waals surface area (Å²) in [4.78, 5) is 0. The minimum Gasteiger partial charge on any atom is -0.493 e. The zero-order valence-electron chi connectivity index (χ0n) is 13.9. The molecule has 3 heteroatoms. The highest BCUT2D eigenvalue weighted by molar-refractivity contribution is 9.10. The zero-order chi connectivity index (χ0) is 15.7. The maximum atomic E-state index is 6.11. The summed E-state index contributed by atoms with van der Waals surface area (Å²) in [7, 11) is 0. The maximum absolute atomic E-state index is 6.11. The van der Waals surface area contributed by atoms with Crippen molar-refractivity contribution in [2.45, 2.75) is 66.0 Å². The molecule has 0 heterocycles. The van der Waals surface area contributed by atoms with Crippen molar-refractivity contribution in [3.05, 3.63) is 28.2 Å². The van der Waals surface area contributed by atoms with Gasteiger partial charge in [-0.2, -0.15) is 0 Å². The third kappa shape index (κ3) is 7.32. The highest BCUT2D eigenvalue weighted by Crippen LogP contribution is 2.25. The van der Waals surface area contributed by atoms with Gasteiger partial charge in [0.2, 0.25) is 0 Å². The maximum Gasteiger partial charge on any atom is 0.123 e. The highest BCUT2D eigenvalue weighted by atomic mass is 79.9. The largest absolute Gasteiger partial charge is 0.493 e. The molecule has 1 atom stereocenters. The summed E-state index contributed by atoms with van der Waals surface area (Å²) in [5.74, 6) is 1.68. The first-order valence-corrected chi connectivity index (χ1v) is 9.00. The molecular formula is C18H30BrNO. The molecule has 0 aliphatic heterocycles. The van der Waals surface area contributed by atoms with Crippen LogP contribution in [0.15, 0.2) is 22.7 Å². The Morgan fingerprint density at radius 2 is 2.00 bits per heavy atom. The van der Waals surface area contributed by atoms with Crippen LogP contribution < -0.4 is 10.1 Å². The Hall–Kier alpha value is -0.540. The average Bonchev–Trinajstić information content (AvgIpc) is 2.46. The number of halogens is 1. The summed E-state index contributed by atoms with van der Waals surface area (Å²) < 4.78 is 7.22. The van der Waals surface area contributed by atoms with E-state index in [4.69, 9.17) is 4.74 Å². The number of benzene rings is 1. The Labute approximate surface area is 138 Å². The molecule has 1 aromatic carbocycles. The first kappa shape index (κ1) is 18.5. The van der Waals surface area contributed by atoms with Crippen LogP contribution in [0.2, 0.25) is 0 Å². The van der Waals surface area contributed by atoms with Crippen LogP contribution in [0.1, 0.15) is 58.9 Å². The van der Waals surface area contributed by atoms with Crippen LogP contribution >= 0.6 is 15.9 Å². The molecule has 1 N–H and O–H groups in total. The molecule has 2 nitrogen and oxygen atoms in total. The lowest BCUT2D eigenvalue weighted by Crippen LogP contribution is -2.22. The van der Waals surface area contributed by atoms with Gasteiger partial charge in [-0.05, 0) is 30.5 Å². The van der Waals surface area contributed by atoms with Gasteiger partial charge in [-0.25, -0.2) is 0 Å². The van der Waals surface area contributed by atoms with Crippen LogP contribution in [-0.2, 0) is 6.54 Å². The fourth-order valence-electron chi connectivity index (χ4n) is 2.25. The standard InChI is InChI=1S/C18H30BrNO/c1-5-7-8-15(6-2)13-21-18-10-9-17(19)11-16(18)12-20-14(3)4/h9-11,14-15,20H,5-8,12-13H2,1-4H3. The summed E-state index contributed by atoms with van der Waals surface area (Å²) >= 11 is 3.55. The average molecular weight is 356 g/mol. The number of hydrogen-bond acceptors (Lipinski definition) is 2. The van der Waals surface area contributed by atoms with Gasteiger partial charge in [0.15, 0.2) is 0 Å². The first-order valence-electron chi connectivity index (χ1n) is 8.21. The van der Waals surface area contributed by atoms with Gasteiger partial charge in [0, 0.05) is 22.6 Å². The molecular weight excluding hydrogens is 326 g/mol. The van der Waals surface area contributed by atoms with Crippen molar-refractivity contribution < 1.29 is 4.74 Å². The van der Waals surface area contributed by atoms with Crippen LogP contribution in [0.3, 0.4) is 0 Å². The molecule has 120 valence electrons. The first-order chi connectivity index (χ1) is 10.1. The predicted molar refractivity (Wildman–Crippen MR) is 94.9 cm³/mol. The molecule has 0 bridgehead atoms. The predicted octanol–water partition coefficient (Wildman–Crippen LogP) is 5.54. The molecule has 0 amide bonds. The monoisotopic (exact) mass is 355 g/mol. The molecule has 0 fully saturated rings. The molecule has 1 rings (SSSR count). The normalized spacial score (nSPS) is 12.7. The number of unbranched alkanes of at least 4 members (excludes halogenated alkanes) is 1. The lowest BCUT2D eigenvalue weighted by Gasteiger charge is -2.18. The van der Waals surface area contributed by atoms with Gasteiger partial charge in [0.1, 0.15) is 5.75 Å². The number of ether oxygens (including phenoxy) is 1. The second-order valence-electron chi connectivity index (χ2n) is 6.02. The van der Waals surface area contributed by atoms with Crippen molar-refractivity contribution in [3.63, 3.8) is 0 Å². The van der Waals surface area contributed by atoms with Crippen LogP contribution in [0.25, 0.3) is 0 Å². The quantitative estimate of drug-likeness (QED) is 0.594. The molecule has 0 aromatic heterocycles. The summed E-state index contributed by atoms with van der Waals surface area (Å²) in [6.07, 6.45) is 5.02. The lowest BCUT2D eigenvalue weighted by atomic mass is 10.0. The van der Waals surface area contributed by atoms with Crippen molar-refractivity contribution in [1.82, 2.24) is 5.32 Å². The van der Waals surface area contributed by atoms with Gasteiger partial charge in [0.25, 0.3) is 0 Å². The van der Waals surface area contributed by atoms with E-state index in [1.807, 2.05) is 0 Å². The second kappa shape index (κ2) is 10.2. The van der Waals surface area contributed by atoms with E-state index in [0.717, 1.165) is 23.4 Å². The van der Waals surface area contributed by atoms with Gasteiger partial charge in [-0.1, -0.05) is 62.9 Å². The Morgan fingerprint density at radius 1 is 1.24 bits per heavy atom. The Balaban J connectivity index is 2.63. The Morgan fingerprint density at radius 3 is 2.62 bits per heavy atom. The summed E-state index contributed by atoms with van der Waals surface area (Å²) in [6, 6.07) is 6.76. The van der Waals surface area contributed by atoms with Gasteiger partial charge < -0.3 is 10.1 Å². The SMILES string of the molecule is CCCCC(CC)COc1ccc(Br)cc1CNC(C)C. The second-order valence-corrected chi connectivity index (χ2v) is 6.93. The number of hydrogen-bond donors (Lipinski definition) is 1. The van der Waals surface area contributed by atoms with E-state index < -0.39 is 0 Å². The number of nitrogens with one attached hydrogen (secondary N) is 1. The van der Waals surface area contributed by atoms with E-state index in [0.29, 0.717) is 12.0 Å². The highest BCUT2D eigenvalue weighted by Gasteiger charge is 2.10. The third-order valence-electron chi connectivity index (χ3n) is 3.74. The molecule has 21 heavy (non-hydrogen) atoms. The van der Waals surface area contributed by atoms with Crippen LogP contribution in [0.4, 0.5) is 0 Å². The molecule has 0 saturated heterocycles. The van der Waals surface area contributed by atoms with Crippen LogP contribution in [-0.4, -0.2) is 12.6 Å². The number of rotatable bonds is 10. The van der Waals surface area contributed by atoms with E-state index >= 15 is 0 Å². The molecule has 0 aliphatic carbocycles. The summed E-state index contributed by atoms with van der Waals surface area (Å²) in [6.45, 7) is 10.5. The van der Waals surface area contributed by atoms with E-state index in [1.165, 1.54) is 31.2 Å². The van der Waals surface area contributed by atoms with E-state index in [1.54, 1.807) is 0 Å². The Kier molecular flexibility index (Phi) is 9.02. The third-order valence-corrected chi connectivity index (χ3v) is 4.23. The lowest BCUT2D eigenvalue weighted by molar-refractivity contribution is 0.231. The minimum atomic E-state index is 0.477. The van der Waals surface area contributed by atoms with Gasteiger partial charge in [-0.3, -0.25) is 0 Å². The summed E-state index contributed by atoms with van der Waals surface area (Å²) in [5.41, 5.74) is 1.23. The molecule has 1 aromatic rings. The zero-order valence-corrected chi connectivity index (χ0v) is 15.5. The van der Waals surface area contributed by atoms with Crippen LogP contribution in [0.5, 0.6) is 5.75 Å². The van der Waals surface area contributed by atoms with Crippen molar-refractivity contribution in [2.24, 2.45) is 5.92 Å². The topological polar surface area (TPSA) is 21.3 Å². The van der Waals surface area contributed by atoms with Gasteiger partial charge in [-0.15, -0.1) is 0 Å². The van der Waals surface area contributed by atoms with Crippen molar-refractivity contribution in [2.75, 3.05) is 6.61 Å². The van der Waals surface area contributed by atoms with Crippen molar-refractivity contribution >= 4 is 15.9 Å². The van der Waals surface area contributed by atoms with Crippen LogP contribution in [0, 0.1) is 5.92 Å². The Bertz CT molecular complexity index is 406. The summed E-state index contributed by atoms with van der Waals surface area (Å²) in [5, 5.41) is 3.46. The van der Waals surface area contributed by atoms with Crippen molar-refractivity contribution in [3.8, 4) is 5.75 Å². The molecule has 1 unspecified atom stereocenters. The smallest absolute Gasteiger partial charge is 0.123 e. The fourth-order valence-corrected chi connectivity index (χ4v) is 2.66. The minimum absolute atomic E-state index is 0.477. The van der Waals surface area contributed by atoms with E-state index in [9.17, 15) is 0 Å². The fraction of sp³-hybridized carbons (Fsp3) is 0.667. The van der Waals surface area contributed by atoms with Crippen molar-refractivity contribution in [1.29, 1.82) is 0 Å².